The SMILES string of the molecule is CC(C)(C)CCCCC(=O)NN. The predicted molar refractivity (Wildman–Crippen MR) is 50.3 cm³/mol. The molecule has 3 nitrogen and oxygen atoms in total. The Morgan fingerprint density at radius 3 is 2.33 bits per heavy atom. The Kier molecular flexibility index (Phi) is 4.90. The van der Waals surface area contributed by atoms with Crippen LogP contribution < -0.4 is 11.3 Å². The van der Waals surface area contributed by atoms with E-state index in [1.807, 2.05) is 0 Å². The maximum Gasteiger partial charge on any atom is 0.233 e. The molecule has 0 fully saturated rings. The summed E-state index contributed by atoms with van der Waals surface area (Å²) in [5.41, 5.74) is 2.50. The number of rotatable bonds is 4. The molecule has 0 rings (SSSR count). The van der Waals surface area contributed by atoms with Gasteiger partial charge in [0.15, 0.2) is 0 Å². The van der Waals surface area contributed by atoms with E-state index < -0.39 is 0 Å². The molecule has 0 saturated carbocycles. The second-order valence-electron chi connectivity index (χ2n) is 4.34. The van der Waals surface area contributed by atoms with E-state index in [2.05, 4.69) is 26.2 Å². The summed E-state index contributed by atoms with van der Waals surface area (Å²) < 4.78 is 0. The molecule has 0 aromatic heterocycles. The third-order valence-corrected chi connectivity index (χ3v) is 1.74. The van der Waals surface area contributed by atoms with Crippen LogP contribution in [0, 0.1) is 5.41 Å². The van der Waals surface area contributed by atoms with Gasteiger partial charge < -0.3 is 0 Å². The molecule has 1 amide bonds. The van der Waals surface area contributed by atoms with E-state index in [9.17, 15) is 4.79 Å². The van der Waals surface area contributed by atoms with Gasteiger partial charge in [0, 0.05) is 6.42 Å². The van der Waals surface area contributed by atoms with Crippen LogP contribution in [-0.2, 0) is 4.79 Å². The summed E-state index contributed by atoms with van der Waals surface area (Å²) in [6, 6.07) is 0. The summed E-state index contributed by atoms with van der Waals surface area (Å²) >= 11 is 0. The van der Waals surface area contributed by atoms with Crippen LogP contribution in [0.5, 0.6) is 0 Å². The van der Waals surface area contributed by atoms with Crippen molar-refractivity contribution >= 4 is 5.91 Å². The number of nitrogens with one attached hydrogen (secondary N) is 1. The second-order valence-corrected chi connectivity index (χ2v) is 4.34. The number of carbonyl (C=O) groups excluding carboxylic acids is 1. The van der Waals surface area contributed by atoms with E-state index in [4.69, 9.17) is 5.84 Å². The van der Waals surface area contributed by atoms with Crippen LogP contribution in [0.25, 0.3) is 0 Å². The summed E-state index contributed by atoms with van der Waals surface area (Å²) in [7, 11) is 0. The zero-order valence-corrected chi connectivity index (χ0v) is 8.31. The van der Waals surface area contributed by atoms with Crippen LogP contribution in [-0.4, -0.2) is 5.91 Å². The lowest BCUT2D eigenvalue weighted by Gasteiger charge is -2.17. The normalized spacial score (nSPS) is 11.3. The maximum absolute atomic E-state index is 10.7. The smallest absolute Gasteiger partial charge is 0.233 e. The van der Waals surface area contributed by atoms with Gasteiger partial charge in [-0.25, -0.2) is 5.84 Å². The van der Waals surface area contributed by atoms with Crippen LogP contribution >= 0.6 is 0 Å². The molecule has 72 valence electrons. The molecule has 0 spiro atoms. The third kappa shape index (κ3) is 7.54. The highest BCUT2D eigenvalue weighted by molar-refractivity contribution is 5.74. The summed E-state index contributed by atoms with van der Waals surface area (Å²) in [4.78, 5) is 10.7. The number of nitrogens with two attached hydrogens (primary N) is 1. The molecule has 0 aromatic rings. The monoisotopic (exact) mass is 172 g/mol. The largest absolute Gasteiger partial charge is 0.294 e. The van der Waals surface area contributed by atoms with Crippen molar-refractivity contribution in [2.45, 2.75) is 46.5 Å². The van der Waals surface area contributed by atoms with Crippen LogP contribution in [0.2, 0.25) is 0 Å². The topological polar surface area (TPSA) is 55.1 Å². The van der Waals surface area contributed by atoms with Gasteiger partial charge in [-0.2, -0.15) is 0 Å². The fraction of sp³-hybridized carbons (Fsp3) is 0.889. The number of hydrazine groups is 1. The van der Waals surface area contributed by atoms with Crippen LogP contribution in [0.4, 0.5) is 0 Å². The Hall–Kier alpha value is -0.570. The Balaban J connectivity index is 3.28. The van der Waals surface area contributed by atoms with E-state index in [0.717, 1.165) is 19.3 Å². The standard InChI is InChI=1S/C9H20N2O/c1-9(2,3)7-5-4-6-8(12)11-10/h4-7,10H2,1-3H3,(H,11,12). The molecule has 0 aliphatic rings. The van der Waals surface area contributed by atoms with Crippen molar-refractivity contribution in [2.75, 3.05) is 0 Å². The zero-order valence-electron chi connectivity index (χ0n) is 8.31. The molecule has 0 heterocycles. The third-order valence-electron chi connectivity index (χ3n) is 1.74. The maximum atomic E-state index is 10.7. The summed E-state index contributed by atoms with van der Waals surface area (Å²) in [5, 5.41) is 0. The summed E-state index contributed by atoms with van der Waals surface area (Å²) in [6.07, 6.45) is 3.73. The van der Waals surface area contributed by atoms with E-state index in [1.165, 1.54) is 0 Å². The summed E-state index contributed by atoms with van der Waals surface area (Å²) in [5.74, 6) is 4.87. The zero-order chi connectivity index (χ0) is 9.61. The number of hydrogen-bond acceptors (Lipinski definition) is 2. The van der Waals surface area contributed by atoms with Crippen LogP contribution in [0.3, 0.4) is 0 Å². The van der Waals surface area contributed by atoms with Crippen molar-refractivity contribution < 1.29 is 4.79 Å². The van der Waals surface area contributed by atoms with Gasteiger partial charge in [-0.15, -0.1) is 0 Å². The van der Waals surface area contributed by atoms with Crippen molar-refractivity contribution in [3.63, 3.8) is 0 Å². The van der Waals surface area contributed by atoms with E-state index in [0.29, 0.717) is 11.8 Å². The van der Waals surface area contributed by atoms with Crippen molar-refractivity contribution in [3.05, 3.63) is 0 Å². The average Bonchev–Trinajstić information content (AvgIpc) is 1.96. The predicted octanol–water partition coefficient (Wildman–Crippen LogP) is 1.58. The molecule has 3 heteroatoms. The highest BCUT2D eigenvalue weighted by Crippen LogP contribution is 2.21. The van der Waals surface area contributed by atoms with Crippen LogP contribution in [0.1, 0.15) is 46.5 Å². The lowest BCUT2D eigenvalue weighted by Crippen LogP contribution is -2.29. The molecule has 0 unspecified atom stereocenters. The van der Waals surface area contributed by atoms with Gasteiger partial charge in [0.2, 0.25) is 5.91 Å². The van der Waals surface area contributed by atoms with Gasteiger partial charge in [0.1, 0.15) is 0 Å². The van der Waals surface area contributed by atoms with Crippen LogP contribution in [0.15, 0.2) is 0 Å². The fourth-order valence-corrected chi connectivity index (χ4v) is 1.01. The molecule has 0 atom stereocenters. The molecular formula is C9H20N2O. The van der Waals surface area contributed by atoms with Gasteiger partial charge in [0.25, 0.3) is 0 Å². The average molecular weight is 172 g/mol. The highest BCUT2D eigenvalue weighted by Gasteiger charge is 2.09. The van der Waals surface area contributed by atoms with Gasteiger partial charge in [-0.05, 0) is 18.3 Å². The van der Waals surface area contributed by atoms with E-state index in [-0.39, 0.29) is 5.91 Å². The van der Waals surface area contributed by atoms with Crippen molar-refractivity contribution in [1.82, 2.24) is 5.43 Å². The minimum Gasteiger partial charge on any atom is -0.294 e. The Labute approximate surface area is 74.7 Å². The Morgan fingerprint density at radius 2 is 1.92 bits per heavy atom. The minimum absolute atomic E-state index is 0.0658. The second kappa shape index (κ2) is 5.14. The summed E-state index contributed by atoms with van der Waals surface area (Å²) in [6.45, 7) is 6.61. The van der Waals surface area contributed by atoms with E-state index in [1.54, 1.807) is 0 Å². The van der Waals surface area contributed by atoms with Gasteiger partial charge in [0.05, 0.1) is 0 Å². The highest BCUT2D eigenvalue weighted by atomic mass is 16.2. The van der Waals surface area contributed by atoms with Gasteiger partial charge >= 0.3 is 0 Å². The van der Waals surface area contributed by atoms with E-state index >= 15 is 0 Å². The quantitative estimate of drug-likeness (QED) is 0.293. The first-order valence-electron chi connectivity index (χ1n) is 4.45. The molecular weight excluding hydrogens is 152 g/mol. The lowest BCUT2D eigenvalue weighted by atomic mass is 9.89. The van der Waals surface area contributed by atoms with Crippen molar-refractivity contribution in [2.24, 2.45) is 11.3 Å². The molecule has 12 heavy (non-hydrogen) atoms. The first-order valence-corrected chi connectivity index (χ1v) is 4.45. The lowest BCUT2D eigenvalue weighted by molar-refractivity contribution is -0.121. The number of carbonyl (C=O) groups is 1. The Morgan fingerprint density at radius 1 is 1.33 bits per heavy atom. The number of hydrogen-bond donors (Lipinski definition) is 2. The first-order chi connectivity index (χ1) is 5.45. The van der Waals surface area contributed by atoms with Gasteiger partial charge in [-0.1, -0.05) is 27.2 Å². The molecule has 3 N–H and O–H groups in total. The molecule has 0 radical (unpaired) electrons. The van der Waals surface area contributed by atoms with Crippen molar-refractivity contribution in [3.8, 4) is 0 Å². The molecule has 0 aromatic carbocycles. The Bertz CT molecular complexity index is 138. The molecule has 0 bridgehead atoms. The number of amides is 1. The molecule has 0 aliphatic heterocycles. The first kappa shape index (κ1) is 11.4. The fourth-order valence-electron chi connectivity index (χ4n) is 1.01. The number of unbranched alkanes of at least 4 members (excludes halogenated alkanes) is 1. The minimum atomic E-state index is -0.0658. The molecule has 0 aliphatic carbocycles. The van der Waals surface area contributed by atoms with Gasteiger partial charge in [-0.3, -0.25) is 10.2 Å². The van der Waals surface area contributed by atoms with Crippen molar-refractivity contribution in [1.29, 1.82) is 0 Å². The molecule has 0 saturated heterocycles.